The zero-order valence-electron chi connectivity index (χ0n) is 14.3. The van der Waals surface area contributed by atoms with Crippen molar-refractivity contribution >= 4 is 15.9 Å². The van der Waals surface area contributed by atoms with E-state index in [9.17, 15) is 18.3 Å². The molecular weight excluding hydrogens is 332 g/mol. The molecule has 9 heteroatoms. The quantitative estimate of drug-likeness (QED) is 0.784. The summed E-state index contributed by atoms with van der Waals surface area (Å²) in [7, 11) is -1.56. The number of likely N-dealkylation sites (tertiary alicyclic amines) is 1. The van der Waals surface area contributed by atoms with E-state index in [4.69, 9.17) is 0 Å². The van der Waals surface area contributed by atoms with E-state index in [1.165, 1.54) is 10.6 Å². The van der Waals surface area contributed by atoms with Gasteiger partial charge in [-0.15, -0.1) is 0 Å². The average molecular weight is 356 g/mol. The van der Waals surface area contributed by atoms with Crippen LogP contribution in [0.4, 0.5) is 0 Å². The normalized spacial score (nSPS) is 28.2. The third kappa shape index (κ3) is 2.84. The summed E-state index contributed by atoms with van der Waals surface area (Å²) in [5, 5.41) is 14.1. The maximum Gasteiger partial charge on any atom is 0.272 e. The minimum absolute atomic E-state index is 0.0516. The van der Waals surface area contributed by atoms with Gasteiger partial charge >= 0.3 is 0 Å². The molecule has 24 heavy (non-hydrogen) atoms. The molecule has 3 rings (SSSR count). The van der Waals surface area contributed by atoms with Crippen LogP contribution < -0.4 is 0 Å². The Morgan fingerprint density at radius 3 is 2.71 bits per heavy atom. The second-order valence-electron chi connectivity index (χ2n) is 7.07. The highest BCUT2D eigenvalue weighted by Gasteiger charge is 2.51. The van der Waals surface area contributed by atoms with Crippen molar-refractivity contribution in [2.45, 2.75) is 13.3 Å². The first kappa shape index (κ1) is 17.4. The number of nitrogens with zero attached hydrogens (tertiary/aromatic N) is 4. The number of aryl methyl sites for hydroxylation is 2. The van der Waals surface area contributed by atoms with Gasteiger partial charge in [-0.1, -0.05) is 0 Å². The van der Waals surface area contributed by atoms with E-state index in [1.54, 1.807) is 22.7 Å². The maximum absolute atomic E-state index is 12.8. The SMILES string of the molecule is Cc1cc(C(=O)N2CCC3(CO)CN(S(C)(=O)=O)CC3C2)n(C)n1. The molecule has 0 aromatic carbocycles. The van der Waals surface area contributed by atoms with Crippen LogP contribution in [0.2, 0.25) is 0 Å². The molecule has 0 radical (unpaired) electrons. The summed E-state index contributed by atoms with van der Waals surface area (Å²) in [4.78, 5) is 14.5. The van der Waals surface area contributed by atoms with Crippen molar-refractivity contribution in [1.29, 1.82) is 0 Å². The minimum atomic E-state index is -3.30. The molecule has 0 spiro atoms. The van der Waals surface area contributed by atoms with E-state index in [0.717, 1.165) is 5.69 Å². The second-order valence-corrected chi connectivity index (χ2v) is 9.05. The zero-order chi connectivity index (χ0) is 17.7. The Labute approximate surface area is 142 Å². The molecule has 8 nitrogen and oxygen atoms in total. The summed E-state index contributed by atoms with van der Waals surface area (Å²) in [5.41, 5.74) is 0.871. The van der Waals surface area contributed by atoms with Crippen molar-refractivity contribution < 1.29 is 18.3 Å². The monoisotopic (exact) mass is 356 g/mol. The van der Waals surface area contributed by atoms with Gasteiger partial charge < -0.3 is 10.0 Å². The molecule has 2 unspecified atom stereocenters. The van der Waals surface area contributed by atoms with Crippen molar-refractivity contribution in [3.63, 3.8) is 0 Å². The molecule has 1 N–H and O–H groups in total. The predicted molar refractivity (Wildman–Crippen MR) is 87.9 cm³/mol. The topological polar surface area (TPSA) is 95.7 Å². The lowest BCUT2D eigenvalue weighted by atomic mass is 9.73. The highest BCUT2D eigenvalue weighted by Crippen LogP contribution is 2.43. The number of aliphatic hydroxyl groups is 1. The fourth-order valence-corrected chi connectivity index (χ4v) is 4.84. The summed E-state index contributed by atoms with van der Waals surface area (Å²) in [6.45, 7) is 3.43. The van der Waals surface area contributed by atoms with Gasteiger partial charge in [-0.05, 0) is 25.3 Å². The molecule has 2 aliphatic heterocycles. The number of fused-ring (bicyclic) bond motifs is 1. The first-order valence-corrected chi connectivity index (χ1v) is 9.87. The smallest absolute Gasteiger partial charge is 0.272 e. The third-order valence-electron chi connectivity index (χ3n) is 5.39. The molecule has 0 bridgehead atoms. The van der Waals surface area contributed by atoms with Crippen LogP contribution in [-0.4, -0.2) is 77.5 Å². The average Bonchev–Trinajstić information content (AvgIpc) is 3.05. The van der Waals surface area contributed by atoms with Crippen LogP contribution in [0, 0.1) is 18.3 Å². The summed E-state index contributed by atoms with van der Waals surface area (Å²) >= 11 is 0. The Morgan fingerprint density at radius 2 is 2.17 bits per heavy atom. The van der Waals surface area contributed by atoms with E-state index in [0.29, 0.717) is 38.3 Å². The van der Waals surface area contributed by atoms with Gasteiger partial charge in [-0.3, -0.25) is 9.48 Å². The van der Waals surface area contributed by atoms with E-state index in [-0.39, 0.29) is 18.4 Å². The van der Waals surface area contributed by atoms with Crippen molar-refractivity contribution in [3.05, 3.63) is 17.5 Å². The molecule has 2 atom stereocenters. The fraction of sp³-hybridized carbons (Fsp3) is 0.733. The molecule has 1 amide bonds. The Morgan fingerprint density at radius 1 is 1.46 bits per heavy atom. The number of amides is 1. The van der Waals surface area contributed by atoms with Gasteiger partial charge in [0.15, 0.2) is 0 Å². The minimum Gasteiger partial charge on any atom is -0.396 e. The summed E-state index contributed by atoms with van der Waals surface area (Å²) in [6, 6.07) is 1.76. The van der Waals surface area contributed by atoms with Gasteiger partial charge in [0.05, 0.1) is 18.6 Å². The molecule has 2 saturated heterocycles. The highest BCUT2D eigenvalue weighted by atomic mass is 32.2. The van der Waals surface area contributed by atoms with Crippen LogP contribution in [0.5, 0.6) is 0 Å². The van der Waals surface area contributed by atoms with Crippen molar-refractivity contribution in [2.75, 3.05) is 39.0 Å². The Kier molecular flexibility index (Phi) is 4.21. The Balaban J connectivity index is 1.81. The molecule has 1 aromatic rings. The van der Waals surface area contributed by atoms with Gasteiger partial charge in [0, 0.05) is 38.6 Å². The molecule has 134 valence electrons. The second kappa shape index (κ2) is 5.82. The maximum atomic E-state index is 12.8. The van der Waals surface area contributed by atoms with Gasteiger partial charge in [0.25, 0.3) is 5.91 Å². The standard InChI is InChI=1S/C15H24N4O4S/c1-11-6-13(17(2)16-11)14(21)18-5-4-15(10-20)9-19(24(3,22)23)8-12(15)7-18/h6,12,20H,4-5,7-10H2,1-3H3. The predicted octanol–water partition coefficient (Wildman–Crippen LogP) is -0.555. The van der Waals surface area contributed by atoms with Gasteiger partial charge in [0.1, 0.15) is 5.69 Å². The molecule has 3 heterocycles. The lowest BCUT2D eigenvalue weighted by Gasteiger charge is -2.42. The number of hydrogen-bond donors (Lipinski definition) is 1. The number of hydrogen-bond acceptors (Lipinski definition) is 5. The third-order valence-corrected chi connectivity index (χ3v) is 6.61. The van der Waals surface area contributed by atoms with E-state index in [2.05, 4.69) is 5.10 Å². The Bertz CT molecular complexity index is 760. The van der Waals surface area contributed by atoms with Crippen LogP contribution in [0.1, 0.15) is 22.6 Å². The largest absolute Gasteiger partial charge is 0.396 e. The summed E-state index contributed by atoms with van der Waals surface area (Å²) in [5.74, 6) is -0.147. The van der Waals surface area contributed by atoms with Crippen LogP contribution in [0.3, 0.4) is 0 Å². The van der Waals surface area contributed by atoms with Crippen LogP contribution in [0.25, 0.3) is 0 Å². The van der Waals surface area contributed by atoms with Gasteiger partial charge in [-0.2, -0.15) is 5.10 Å². The van der Waals surface area contributed by atoms with Crippen molar-refractivity contribution in [3.8, 4) is 0 Å². The molecule has 0 saturated carbocycles. The van der Waals surface area contributed by atoms with Crippen LogP contribution in [-0.2, 0) is 17.1 Å². The van der Waals surface area contributed by atoms with Crippen LogP contribution in [0.15, 0.2) is 6.07 Å². The number of carbonyl (C=O) groups is 1. The van der Waals surface area contributed by atoms with E-state index >= 15 is 0 Å². The van der Waals surface area contributed by atoms with Crippen molar-refractivity contribution in [1.82, 2.24) is 19.0 Å². The Hall–Kier alpha value is -1.45. The number of carbonyl (C=O) groups excluding carboxylic acids is 1. The first-order valence-electron chi connectivity index (χ1n) is 8.02. The fourth-order valence-electron chi connectivity index (χ4n) is 3.90. The number of aromatic nitrogens is 2. The molecule has 0 aliphatic carbocycles. The van der Waals surface area contributed by atoms with Gasteiger partial charge in [-0.25, -0.2) is 12.7 Å². The summed E-state index contributed by atoms with van der Waals surface area (Å²) < 4.78 is 26.7. The number of aliphatic hydroxyl groups excluding tert-OH is 1. The molecule has 1 aromatic heterocycles. The highest BCUT2D eigenvalue weighted by molar-refractivity contribution is 7.88. The number of piperidine rings is 1. The summed E-state index contributed by atoms with van der Waals surface area (Å²) in [6.07, 6.45) is 1.79. The molecule has 2 aliphatic rings. The number of sulfonamides is 1. The molecular formula is C15H24N4O4S. The van der Waals surface area contributed by atoms with Crippen LogP contribution >= 0.6 is 0 Å². The van der Waals surface area contributed by atoms with Crippen molar-refractivity contribution in [2.24, 2.45) is 18.4 Å². The van der Waals surface area contributed by atoms with E-state index < -0.39 is 15.4 Å². The zero-order valence-corrected chi connectivity index (χ0v) is 15.1. The lowest BCUT2D eigenvalue weighted by molar-refractivity contribution is 0.0180. The number of rotatable bonds is 3. The lowest BCUT2D eigenvalue weighted by Crippen LogP contribution is -2.50. The van der Waals surface area contributed by atoms with E-state index in [1.807, 2.05) is 6.92 Å². The molecule has 2 fully saturated rings. The first-order chi connectivity index (χ1) is 11.2. The van der Waals surface area contributed by atoms with Gasteiger partial charge in [0.2, 0.25) is 10.0 Å².